The van der Waals surface area contributed by atoms with E-state index in [1.807, 2.05) is 20.8 Å². The second-order valence-electron chi connectivity index (χ2n) is 6.03. The molecule has 0 aromatic carbocycles. The highest BCUT2D eigenvalue weighted by molar-refractivity contribution is 9.09. The van der Waals surface area contributed by atoms with Crippen LogP contribution in [0.5, 0.6) is 0 Å². The number of rotatable bonds is 2. The summed E-state index contributed by atoms with van der Waals surface area (Å²) in [4.78, 5) is 22.5. The highest BCUT2D eigenvalue weighted by Gasteiger charge is 2.57. The predicted molar refractivity (Wildman–Crippen MR) is 64.0 cm³/mol. The monoisotopic (exact) mass is 290 g/mol. The van der Waals surface area contributed by atoms with Crippen molar-refractivity contribution in [2.45, 2.75) is 56.9 Å². The summed E-state index contributed by atoms with van der Waals surface area (Å²) in [6.45, 7) is 5.61. The molecule has 0 radical (unpaired) electrons. The van der Waals surface area contributed by atoms with E-state index in [4.69, 9.17) is 9.78 Å². The second-order valence-corrected chi connectivity index (χ2v) is 7.14. The molecule has 2 fully saturated rings. The lowest BCUT2D eigenvalue weighted by atomic mass is 9.84. The SMILES string of the molecule is CC(C)(C)OOC(=O)C12CCC(CC1Br)C2. The van der Waals surface area contributed by atoms with Crippen LogP contribution < -0.4 is 0 Å². The van der Waals surface area contributed by atoms with Crippen molar-refractivity contribution >= 4 is 21.9 Å². The van der Waals surface area contributed by atoms with Crippen LogP contribution in [0.3, 0.4) is 0 Å². The van der Waals surface area contributed by atoms with Crippen LogP contribution in [0.15, 0.2) is 0 Å². The van der Waals surface area contributed by atoms with Gasteiger partial charge in [-0.3, -0.25) is 4.89 Å². The number of carbonyl (C=O) groups excluding carboxylic acids is 1. The van der Waals surface area contributed by atoms with Gasteiger partial charge in [-0.15, -0.1) is 0 Å². The van der Waals surface area contributed by atoms with Gasteiger partial charge >= 0.3 is 5.97 Å². The molecule has 0 aromatic rings. The summed E-state index contributed by atoms with van der Waals surface area (Å²) in [5.41, 5.74) is -0.763. The molecular weight excluding hydrogens is 272 g/mol. The summed E-state index contributed by atoms with van der Waals surface area (Å²) >= 11 is 3.62. The Morgan fingerprint density at radius 1 is 1.44 bits per heavy atom. The smallest absolute Gasteiger partial charge is 0.297 e. The van der Waals surface area contributed by atoms with Gasteiger partial charge in [0.25, 0.3) is 0 Å². The molecule has 2 saturated carbocycles. The van der Waals surface area contributed by atoms with Crippen molar-refractivity contribution in [3.05, 3.63) is 0 Å². The van der Waals surface area contributed by atoms with Crippen LogP contribution in [0, 0.1) is 11.3 Å². The van der Waals surface area contributed by atoms with E-state index >= 15 is 0 Å². The molecule has 0 N–H and O–H groups in total. The highest BCUT2D eigenvalue weighted by Crippen LogP contribution is 2.57. The largest absolute Gasteiger partial charge is 0.349 e. The Balaban J connectivity index is 1.99. The highest BCUT2D eigenvalue weighted by atomic mass is 79.9. The van der Waals surface area contributed by atoms with Gasteiger partial charge in [-0.1, -0.05) is 15.9 Å². The summed E-state index contributed by atoms with van der Waals surface area (Å²) in [6, 6.07) is 0. The van der Waals surface area contributed by atoms with E-state index in [0.29, 0.717) is 5.92 Å². The van der Waals surface area contributed by atoms with Crippen molar-refractivity contribution in [2.75, 3.05) is 0 Å². The van der Waals surface area contributed by atoms with Crippen LogP contribution in [0.4, 0.5) is 0 Å². The Labute approximate surface area is 105 Å². The molecule has 0 aromatic heterocycles. The van der Waals surface area contributed by atoms with Crippen molar-refractivity contribution in [2.24, 2.45) is 11.3 Å². The van der Waals surface area contributed by atoms with Crippen molar-refractivity contribution in [3.63, 3.8) is 0 Å². The lowest BCUT2D eigenvalue weighted by Crippen LogP contribution is -2.37. The molecule has 0 heterocycles. The minimum atomic E-state index is -0.440. The van der Waals surface area contributed by atoms with E-state index in [0.717, 1.165) is 25.7 Å². The Kier molecular flexibility index (Phi) is 3.08. The maximum atomic E-state index is 12.1. The Hall–Kier alpha value is -0.0900. The fraction of sp³-hybridized carbons (Fsp3) is 0.917. The van der Waals surface area contributed by atoms with E-state index in [2.05, 4.69) is 15.9 Å². The standard InChI is InChI=1S/C12H19BrO3/c1-11(2,3)16-15-10(14)12-5-4-8(7-12)6-9(12)13/h8-9H,4-7H2,1-3H3. The van der Waals surface area contributed by atoms with Gasteiger partial charge in [0.05, 0.1) is 5.41 Å². The minimum absolute atomic E-state index is 0.190. The van der Waals surface area contributed by atoms with Gasteiger partial charge in [0, 0.05) is 4.83 Å². The summed E-state index contributed by atoms with van der Waals surface area (Å²) in [5.74, 6) is 0.496. The zero-order valence-corrected chi connectivity index (χ0v) is 11.7. The van der Waals surface area contributed by atoms with Gasteiger partial charge in [0.15, 0.2) is 0 Å². The zero-order chi connectivity index (χ0) is 12.0. The lowest BCUT2D eigenvalue weighted by molar-refractivity contribution is -0.326. The van der Waals surface area contributed by atoms with Crippen LogP contribution in [-0.4, -0.2) is 16.4 Å². The molecule has 16 heavy (non-hydrogen) atoms. The summed E-state index contributed by atoms with van der Waals surface area (Å²) in [7, 11) is 0. The van der Waals surface area contributed by atoms with Crippen LogP contribution >= 0.6 is 15.9 Å². The van der Waals surface area contributed by atoms with E-state index in [9.17, 15) is 4.79 Å². The summed E-state index contributed by atoms with van der Waals surface area (Å²) in [6.07, 6.45) is 4.12. The van der Waals surface area contributed by atoms with Crippen molar-refractivity contribution < 1.29 is 14.6 Å². The van der Waals surface area contributed by atoms with E-state index in [1.165, 1.54) is 0 Å². The van der Waals surface area contributed by atoms with Crippen LogP contribution in [0.25, 0.3) is 0 Å². The predicted octanol–water partition coefficient (Wildman–Crippen LogP) is 3.21. The quantitative estimate of drug-likeness (QED) is 0.445. The maximum absolute atomic E-state index is 12.1. The maximum Gasteiger partial charge on any atom is 0.349 e. The fourth-order valence-electron chi connectivity index (χ4n) is 2.74. The molecule has 0 aliphatic heterocycles. The molecule has 2 rings (SSSR count). The first kappa shape index (κ1) is 12.4. The molecule has 0 amide bonds. The third-order valence-corrected chi connectivity index (χ3v) is 4.82. The van der Waals surface area contributed by atoms with E-state index < -0.39 is 5.60 Å². The first-order valence-electron chi connectivity index (χ1n) is 5.88. The Morgan fingerprint density at radius 2 is 2.12 bits per heavy atom. The van der Waals surface area contributed by atoms with Gasteiger partial charge in [0.1, 0.15) is 5.60 Å². The first-order chi connectivity index (χ1) is 7.33. The number of hydrogen-bond acceptors (Lipinski definition) is 3. The molecule has 92 valence electrons. The van der Waals surface area contributed by atoms with Gasteiger partial charge in [0.2, 0.25) is 0 Å². The molecule has 2 aliphatic rings. The number of alkyl halides is 1. The summed E-state index contributed by atoms with van der Waals surface area (Å²) in [5, 5.41) is 0. The molecular formula is C12H19BrO3. The van der Waals surface area contributed by atoms with Crippen molar-refractivity contribution in [1.82, 2.24) is 0 Å². The molecule has 4 heteroatoms. The number of fused-ring (bicyclic) bond motifs is 2. The molecule has 3 unspecified atom stereocenters. The lowest BCUT2D eigenvalue weighted by Gasteiger charge is -2.29. The van der Waals surface area contributed by atoms with Crippen molar-refractivity contribution in [1.29, 1.82) is 0 Å². The van der Waals surface area contributed by atoms with Crippen LogP contribution in [0.2, 0.25) is 0 Å². The molecule has 3 nitrogen and oxygen atoms in total. The normalized spacial score (nSPS) is 37.8. The van der Waals surface area contributed by atoms with Gasteiger partial charge < -0.3 is 0 Å². The number of hydrogen-bond donors (Lipinski definition) is 0. The molecule has 3 atom stereocenters. The average molecular weight is 291 g/mol. The molecule has 2 aliphatic carbocycles. The topological polar surface area (TPSA) is 35.5 Å². The summed E-state index contributed by atoms with van der Waals surface area (Å²) < 4.78 is 0. The van der Waals surface area contributed by atoms with Crippen LogP contribution in [0.1, 0.15) is 46.5 Å². The third-order valence-electron chi connectivity index (χ3n) is 3.57. The van der Waals surface area contributed by atoms with Gasteiger partial charge in [-0.2, -0.15) is 4.89 Å². The second kappa shape index (κ2) is 3.98. The van der Waals surface area contributed by atoms with Crippen molar-refractivity contribution in [3.8, 4) is 0 Å². The molecule has 2 bridgehead atoms. The zero-order valence-electron chi connectivity index (χ0n) is 10.1. The number of halogens is 1. The first-order valence-corrected chi connectivity index (χ1v) is 6.79. The number of carbonyl (C=O) groups is 1. The van der Waals surface area contributed by atoms with E-state index in [-0.39, 0.29) is 16.2 Å². The van der Waals surface area contributed by atoms with E-state index in [1.54, 1.807) is 0 Å². The fourth-order valence-corrected chi connectivity index (χ4v) is 3.88. The molecule has 0 spiro atoms. The van der Waals surface area contributed by atoms with Crippen LogP contribution in [-0.2, 0) is 14.6 Å². The molecule has 0 saturated heterocycles. The average Bonchev–Trinajstić information content (AvgIpc) is 2.70. The Morgan fingerprint density at radius 3 is 2.56 bits per heavy atom. The van der Waals surface area contributed by atoms with Gasteiger partial charge in [-0.05, 0) is 52.4 Å². The Bertz CT molecular complexity index is 297. The third kappa shape index (κ3) is 2.14. The minimum Gasteiger partial charge on any atom is -0.297 e. The van der Waals surface area contributed by atoms with Gasteiger partial charge in [-0.25, -0.2) is 4.79 Å².